The van der Waals surface area contributed by atoms with Crippen molar-refractivity contribution < 1.29 is 19.6 Å². The van der Waals surface area contributed by atoms with Gasteiger partial charge in [-0.1, -0.05) is 0 Å². The van der Waals surface area contributed by atoms with E-state index < -0.39 is 10.8 Å². The maximum Gasteiger partial charge on any atom is 0.282 e. The number of phenols is 1. The number of amides is 1. The highest BCUT2D eigenvalue weighted by Crippen LogP contribution is 2.23. The van der Waals surface area contributed by atoms with Crippen LogP contribution in [0.2, 0.25) is 0 Å². The fraction of sp³-hybridized carbons (Fsp3) is 0.500. The molecule has 0 aliphatic carbocycles. The number of rotatable bonds is 5. The zero-order valence-corrected chi connectivity index (χ0v) is 11.6. The van der Waals surface area contributed by atoms with Gasteiger partial charge in [0.1, 0.15) is 11.3 Å². The van der Waals surface area contributed by atoms with Gasteiger partial charge < -0.3 is 15.2 Å². The molecule has 1 heterocycles. The summed E-state index contributed by atoms with van der Waals surface area (Å²) in [5, 5.41) is 22.9. The molecule has 7 heteroatoms. The average Bonchev–Trinajstić information content (AvgIpc) is 2.47. The normalized spacial score (nSPS) is 18.2. The molecular formula is C14H18N2O5. The lowest BCUT2D eigenvalue weighted by Gasteiger charge is -2.22. The van der Waals surface area contributed by atoms with Crippen molar-refractivity contribution in [1.82, 2.24) is 5.32 Å². The summed E-state index contributed by atoms with van der Waals surface area (Å²) in [4.78, 5) is 22.2. The molecule has 1 atom stereocenters. The Hall–Kier alpha value is -2.15. The first-order valence-corrected chi connectivity index (χ1v) is 6.95. The van der Waals surface area contributed by atoms with Gasteiger partial charge in [0.25, 0.3) is 11.6 Å². The van der Waals surface area contributed by atoms with Crippen molar-refractivity contribution in [3.05, 3.63) is 33.9 Å². The van der Waals surface area contributed by atoms with Crippen LogP contribution >= 0.6 is 0 Å². The lowest BCUT2D eigenvalue weighted by atomic mass is 10.1. The van der Waals surface area contributed by atoms with Gasteiger partial charge in [-0.2, -0.15) is 0 Å². The van der Waals surface area contributed by atoms with E-state index in [4.69, 9.17) is 4.74 Å². The van der Waals surface area contributed by atoms with E-state index in [0.29, 0.717) is 13.0 Å². The molecule has 7 nitrogen and oxygen atoms in total. The molecule has 0 saturated carbocycles. The topological polar surface area (TPSA) is 102 Å². The maximum atomic E-state index is 12.0. The number of carbonyl (C=O) groups excluding carboxylic acids is 1. The Morgan fingerprint density at radius 2 is 2.29 bits per heavy atom. The Kier molecular flexibility index (Phi) is 5.10. The molecule has 1 fully saturated rings. The van der Waals surface area contributed by atoms with Gasteiger partial charge in [0, 0.05) is 19.2 Å². The van der Waals surface area contributed by atoms with Crippen LogP contribution in [0.1, 0.15) is 36.0 Å². The van der Waals surface area contributed by atoms with Gasteiger partial charge >= 0.3 is 0 Å². The number of benzene rings is 1. The number of ether oxygens (including phenoxy) is 1. The molecule has 0 bridgehead atoms. The third kappa shape index (κ3) is 4.16. The minimum Gasteiger partial charge on any atom is -0.508 e. The van der Waals surface area contributed by atoms with Gasteiger partial charge in [-0.15, -0.1) is 0 Å². The Bertz CT molecular complexity index is 526. The standard InChI is InChI=1S/C14H18N2O5/c17-10-4-5-13(16(19)20)12(9-10)14(18)15-7-6-11-3-1-2-8-21-11/h4-5,9,11,17H,1-3,6-8H2,(H,15,18). The van der Waals surface area contributed by atoms with E-state index in [0.717, 1.165) is 38.0 Å². The van der Waals surface area contributed by atoms with Crippen LogP contribution in [0, 0.1) is 10.1 Å². The number of nitro groups is 1. The highest BCUT2D eigenvalue weighted by atomic mass is 16.6. The molecule has 1 unspecified atom stereocenters. The minimum absolute atomic E-state index is 0.135. The van der Waals surface area contributed by atoms with E-state index in [1.165, 1.54) is 6.07 Å². The molecule has 0 spiro atoms. The number of nitrogens with zero attached hydrogens (tertiary/aromatic N) is 1. The molecular weight excluding hydrogens is 276 g/mol. The predicted molar refractivity (Wildman–Crippen MR) is 75.3 cm³/mol. The summed E-state index contributed by atoms with van der Waals surface area (Å²) in [5.41, 5.74) is -0.455. The maximum absolute atomic E-state index is 12.0. The summed E-state index contributed by atoms with van der Waals surface area (Å²) in [6, 6.07) is 3.41. The number of carbonyl (C=O) groups is 1. The fourth-order valence-electron chi connectivity index (χ4n) is 2.34. The number of hydrogen-bond acceptors (Lipinski definition) is 5. The largest absolute Gasteiger partial charge is 0.508 e. The summed E-state index contributed by atoms with van der Waals surface area (Å²) >= 11 is 0. The van der Waals surface area contributed by atoms with E-state index in [2.05, 4.69) is 5.32 Å². The van der Waals surface area contributed by atoms with Gasteiger partial charge in [0.15, 0.2) is 0 Å². The second-order valence-corrected chi connectivity index (χ2v) is 4.99. The van der Waals surface area contributed by atoms with Crippen molar-refractivity contribution in [2.24, 2.45) is 0 Å². The van der Waals surface area contributed by atoms with Crippen LogP contribution in [0.4, 0.5) is 5.69 Å². The molecule has 1 aliphatic heterocycles. The minimum atomic E-state index is -0.640. The lowest BCUT2D eigenvalue weighted by molar-refractivity contribution is -0.385. The molecule has 2 N–H and O–H groups in total. The average molecular weight is 294 g/mol. The quantitative estimate of drug-likeness (QED) is 0.638. The van der Waals surface area contributed by atoms with Crippen molar-refractivity contribution in [2.75, 3.05) is 13.2 Å². The molecule has 1 aliphatic rings. The molecule has 114 valence electrons. The molecule has 0 radical (unpaired) electrons. The Balaban J connectivity index is 1.93. The summed E-state index contributed by atoms with van der Waals surface area (Å²) in [6.07, 6.45) is 3.98. The lowest BCUT2D eigenvalue weighted by Crippen LogP contribution is -2.29. The number of phenolic OH excluding ortho intramolecular Hbond substituents is 1. The van der Waals surface area contributed by atoms with Crippen LogP contribution in [0.15, 0.2) is 18.2 Å². The monoisotopic (exact) mass is 294 g/mol. The van der Waals surface area contributed by atoms with Crippen LogP contribution < -0.4 is 5.32 Å². The zero-order chi connectivity index (χ0) is 15.2. The van der Waals surface area contributed by atoms with Gasteiger partial charge in [0.2, 0.25) is 0 Å². The van der Waals surface area contributed by atoms with E-state index in [1.54, 1.807) is 0 Å². The van der Waals surface area contributed by atoms with E-state index in [1.807, 2.05) is 0 Å². The van der Waals surface area contributed by atoms with E-state index >= 15 is 0 Å². The molecule has 1 aromatic rings. The molecule has 1 aromatic carbocycles. The Labute approximate surface area is 122 Å². The molecule has 2 rings (SSSR count). The van der Waals surface area contributed by atoms with Gasteiger partial charge in [-0.3, -0.25) is 14.9 Å². The first kappa shape index (κ1) is 15.2. The fourth-order valence-corrected chi connectivity index (χ4v) is 2.34. The smallest absolute Gasteiger partial charge is 0.282 e. The highest BCUT2D eigenvalue weighted by molar-refractivity contribution is 5.98. The van der Waals surface area contributed by atoms with Crippen molar-refractivity contribution in [3.8, 4) is 5.75 Å². The number of aromatic hydroxyl groups is 1. The summed E-state index contributed by atoms with van der Waals surface area (Å²) in [5.74, 6) is -0.741. The van der Waals surface area contributed by atoms with Crippen molar-refractivity contribution >= 4 is 11.6 Å². The number of nitro benzene ring substituents is 1. The Morgan fingerprint density at radius 1 is 1.48 bits per heavy atom. The first-order chi connectivity index (χ1) is 10.1. The third-order valence-corrected chi connectivity index (χ3v) is 3.45. The van der Waals surface area contributed by atoms with Crippen LogP contribution in [-0.4, -0.2) is 35.2 Å². The van der Waals surface area contributed by atoms with Crippen molar-refractivity contribution in [3.63, 3.8) is 0 Å². The molecule has 21 heavy (non-hydrogen) atoms. The summed E-state index contributed by atoms with van der Waals surface area (Å²) in [7, 11) is 0. The van der Waals surface area contributed by atoms with Gasteiger partial charge in [0.05, 0.1) is 11.0 Å². The van der Waals surface area contributed by atoms with Gasteiger partial charge in [-0.25, -0.2) is 0 Å². The van der Waals surface area contributed by atoms with Crippen LogP contribution in [0.3, 0.4) is 0 Å². The Morgan fingerprint density at radius 3 is 2.95 bits per heavy atom. The molecule has 1 amide bonds. The summed E-state index contributed by atoms with van der Waals surface area (Å²) < 4.78 is 5.55. The number of hydrogen-bond donors (Lipinski definition) is 2. The van der Waals surface area contributed by atoms with Crippen LogP contribution in [-0.2, 0) is 4.74 Å². The first-order valence-electron chi connectivity index (χ1n) is 6.95. The SMILES string of the molecule is O=C(NCCC1CCCCO1)c1cc(O)ccc1[N+](=O)[O-]. The second kappa shape index (κ2) is 7.03. The zero-order valence-electron chi connectivity index (χ0n) is 11.6. The number of nitrogens with one attached hydrogen (secondary N) is 1. The highest BCUT2D eigenvalue weighted by Gasteiger charge is 2.21. The van der Waals surface area contributed by atoms with Gasteiger partial charge in [-0.05, 0) is 37.8 Å². The van der Waals surface area contributed by atoms with Crippen molar-refractivity contribution in [1.29, 1.82) is 0 Å². The molecule has 1 saturated heterocycles. The summed E-state index contributed by atoms with van der Waals surface area (Å²) in [6.45, 7) is 1.13. The molecule has 0 aromatic heterocycles. The third-order valence-electron chi connectivity index (χ3n) is 3.45. The van der Waals surface area contributed by atoms with E-state index in [9.17, 15) is 20.0 Å². The van der Waals surface area contributed by atoms with E-state index in [-0.39, 0.29) is 23.1 Å². The second-order valence-electron chi connectivity index (χ2n) is 4.99. The van der Waals surface area contributed by atoms with Crippen molar-refractivity contribution in [2.45, 2.75) is 31.8 Å². The van der Waals surface area contributed by atoms with Crippen LogP contribution in [0.5, 0.6) is 5.75 Å². The predicted octanol–water partition coefficient (Wildman–Crippen LogP) is 1.99. The van der Waals surface area contributed by atoms with Crippen LogP contribution in [0.25, 0.3) is 0 Å².